The van der Waals surface area contributed by atoms with Crippen molar-refractivity contribution in [3.05, 3.63) is 52.5 Å². The van der Waals surface area contributed by atoms with Crippen LogP contribution in [0.25, 0.3) is 10.2 Å². The predicted octanol–water partition coefficient (Wildman–Crippen LogP) is 5.11. The van der Waals surface area contributed by atoms with Gasteiger partial charge in [0.2, 0.25) is 0 Å². The smallest absolute Gasteiger partial charge is 0.188 e. The van der Waals surface area contributed by atoms with E-state index < -0.39 is 0 Å². The number of thiazole rings is 1. The van der Waals surface area contributed by atoms with E-state index in [1.54, 1.807) is 11.3 Å². The lowest BCUT2D eigenvalue weighted by molar-refractivity contribution is 1.42. The van der Waals surface area contributed by atoms with Crippen LogP contribution in [0.3, 0.4) is 0 Å². The summed E-state index contributed by atoms with van der Waals surface area (Å²) in [6.07, 6.45) is 0. The summed E-state index contributed by atoms with van der Waals surface area (Å²) in [7, 11) is 0. The lowest BCUT2D eigenvalue weighted by Gasteiger charge is -2.01. The molecule has 2 aromatic carbocycles. The molecule has 90 valence electrons. The number of rotatable bonds is 2. The minimum Gasteiger partial charge on any atom is -0.332 e. The van der Waals surface area contributed by atoms with Gasteiger partial charge in [-0.1, -0.05) is 33.3 Å². The van der Waals surface area contributed by atoms with Gasteiger partial charge in [-0.25, -0.2) is 4.98 Å². The molecule has 3 rings (SSSR count). The first-order valence-corrected chi connectivity index (χ1v) is 7.21. The van der Waals surface area contributed by atoms with E-state index in [0.717, 1.165) is 20.8 Å². The summed E-state index contributed by atoms with van der Waals surface area (Å²) < 4.78 is 2.29. The van der Waals surface area contributed by atoms with E-state index in [9.17, 15) is 0 Å². The van der Waals surface area contributed by atoms with E-state index in [-0.39, 0.29) is 0 Å². The Morgan fingerprint density at radius 1 is 1.11 bits per heavy atom. The van der Waals surface area contributed by atoms with Crippen LogP contribution in [0.5, 0.6) is 0 Å². The summed E-state index contributed by atoms with van der Waals surface area (Å²) in [4.78, 5) is 4.59. The minimum absolute atomic E-state index is 0.929. The molecule has 0 aliphatic rings. The zero-order valence-corrected chi connectivity index (χ0v) is 12.2. The highest BCUT2D eigenvalue weighted by atomic mass is 79.9. The number of fused-ring (bicyclic) bond motifs is 1. The standard InChI is InChI=1S/C14H11BrN2S/c1-9-2-7-13-12(8-9)17-14(18-13)16-11-5-3-10(15)4-6-11/h2-8H,1H3,(H,16,17). The maximum Gasteiger partial charge on any atom is 0.188 e. The Bertz CT molecular complexity index is 689. The quantitative estimate of drug-likeness (QED) is 0.710. The topological polar surface area (TPSA) is 24.9 Å². The van der Waals surface area contributed by atoms with Crippen molar-refractivity contribution in [1.29, 1.82) is 0 Å². The lowest BCUT2D eigenvalue weighted by atomic mass is 10.2. The second-order valence-electron chi connectivity index (χ2n) is 4.12. The van der Waals surface area contributed by atoms with E-state index in [0.29, 0.717) is 0 Å². The van der Waals surface area contributed by atoms with Crippen molar-refractivity contribution in [3.63, 3.8) is 0 Å². The molecular formula is C14H11BrN2S. The van der Waals surface area contributed by atoms with Crippen molar-refractivity contribution in [1.82, 2.24) is 4.98 Å². The monoisotopic (exact) mass is 318 g/mol. The number of benzene rings is 2. The summed E-state index contributed by atoms with van der Waals surface area (Å²) in [5.41, 5.74) is 3.34. The molecule has 4 heteroatoms. The third kappa shape index (κ3) is 2.40. The number of aryl methyl sites for hydroxylation is 1. The molecule has 0 saturated carbocycles. The number of anilines is 2. The van der Waals surface area contributed by atoms with Gasteiger partial charge in [0.15, 0.2) is 5.13 Å². The molecule has 1 heterocycles. The van der Waals surface area contributed by atoms with Crippen LogP contribution < -0.4 is 5.32 Å². The molecule has 0 bridgehead atoms. The summed E-state index contributed by atoms with van der Waals surface area (Å²) in [5.74, 6) is 0. The third-order valence-electron chi connectivity index (χ3n) is 2.64. The van der Waals surface area contributed by atoms with Gasteiger partial charge in [0.1, 0.15) is 0 Å². The molecule has 0 radical (unpaired) electrons. The number of nitrogens with one attached hydrogen (secondary N) is 1. The Kier molecular flexibility index (Phi) is 3.06. The largest absolute Gasteiger partial charge is 0.332 e. The molecule has 18 heavy (non-hydrogen) atoms. The van der Waals surface area contributed by atoms with Gasteiger partial charge >= 0.3 is 0 Å². The van der Waals surface area contributed by atoms with E-state index in [1.165, 1.54) is 10.3 Å². The van der Waals surface area contributed by atoms with Crippen molar-refractivity contribution < 1.29 is 0 Å². The molecule has 0 saturated heterocycles. The molecule has 0 fully saturated rings. The van der Waals surface area contributed by atoms with Gasteiger partial charge in [0.05, 0.1) is 10.2 Å². The highest BCUT2D eigenvalue weighted by Gasteiger charge is 2.04. The number of hydrogen-bond donors (Lipinski definition) is 1. The average Bonchev–Trinajstić information content (AvgIpc) is 2.73. The summed E-state index contributed by atoms with van der Waals surface area (Å²) >= 11 is 5.10. The molecular weight excluding hydrogens is 308 g/mol. The SMILES string of the molecule is Cc1ccc2sc(Nc3ccc(Br)cc3)nc2c1. The highest BCUT2D eigenvalue weighted by Crippen LogP contribution is 2.29. The Labute approximate surface area is 118 Å². The van der Waals surface area contributed by atoms with Crippen molar-refractivity contribution in [3.8, 4) is 0 Å². The maximum atomic E-state index is 4.59. The van der Waals surface area contributed by atoms with Crippen LogP contribution in [0, 0.1) is 6.92 Å². The van der Waals surface area contributed by atoms with E-state index in [2.05, 4.69) is 51.4 Å². The minimum atomic E-state index is 0.929. The average molecular weight is 319 g/mol. The Hall–Kier alpha value is -1.39. The Morgan fingerprint density at radius 2 is 1.89 bits per heavy atom. The Balaban J connectivity index is 1.92. The summed E-state index contributed by atoms with van der Waals surface area (Å²) in [5, 5.41) is 4.26. The third-order valence-corrected chi connectivity index (χ3v) is 4.12. The molecule has 1 aromatic heterocycles. The van der Waals surface area contributed by atoms with Crippen LogP contribution in [-0.4, -0.2) is 4.98 Å². The van der Waals surface area contributed by atoms with E-state index in [1.807, 2.05) is 24.3 Å². The molecule has 0 amide bonds. The van der Waals surface area contributed by atoms with E-state index >= 15 is 0 Å². The van der Waals surface area contributed by atoms with Crippen molar-refractivity contribution in [2.45, 2.75) is 6.92 Å². The van der Waals surface area contributed by atoms with Crippen LogP contribution in [-0.2, 0) is 0 Å². The maximum absolute atomic E-state index is 4.59. The first-order valence-electron chi connectivity index (χ1n) is 5.60. The first kappa shape index (κ1) is 11.7. The fraction of sp³-hybridized carbons (Fsp3) is 0.0714. The molecule has 0 aliphatic carbocycles. The molecule has 0 atom stereocenters. The number of nitrogens with zero attached hydrogens (tertiary/aromatic N) is 1. The molecule has 1 N–H and O–H groups in total. The van der Waals surface area contributed by atoms with Crippen LogP contribution in [0.2, 0.25) is 0 Å². The van der Waals surface area contributed by atoms with Crippen molar-refractivity contribution in [2.24, 2.45) is 0 Å². The van der Waals surface area contributed by atoms with Crippen LogP contribution >= 0.6 is 27.3 Å². The number of halogens is 1. The second-order valence-corrected chi connectivity index (χ2v) is 6.07. The zero-order valence-electron chi connectivity index (χ0n) is 9.77. The van der Waals surface area contributed by atoms with Gasteiger partial charge in [-0.3, -0.25) is 0 Å². The van der Waals surface area contributed by atoms with Gasteiger partial charge in [0, 0.05) is 10.2 Å². The van der Waals surface area contributed by atoms with Gasteiger partial charge in [-0.15, -0.1) is 0 Å². The lowest BCUT2D eigenvalue weighted by Crippen LogP contribution is -1.88. The molecule has 3 aromatic rings. The Morgan fingerprint density at radius 3 is 2.67 bits per heavy atom. The second kappa shape index (κ2) is 4.71. The van der Waals surface area contributed by atoms with Crippen LogP contribution in [0.1, 0.15) is 5.56 Å². The predicted molar refractivity (Wildman–Crippen MR) is 81.8 cm³/mol. The van der Waals surface area contributed by atoms with Gasteiger partial charge in [-0.2, -0.15) is 0 Å². The summed E-state index contributed by atoms with van der Waals surface area (Å²) in [6, 6.07) is 14.4. The number of hydrogen-bond acceptors (Lipinski definition) is 3. The fourth-order valence-electron chi connectivity index (χ4n) is 1.75. The first-order chi connectivity index (χ1) is 8.70. The molecule has 0 unspecified atom stereocenters. The number of aromatic nitrogens is 1. The molecule has 0 aliphatic heterocycles. The molecule has 0 spiro atoms. The van der Waals surface area contributed by atoms with Crippen molar-refractivity contribution in [2.75, 3.05) is 5.32 Å². The fourth-order valence-corrected chi connectivity index (χ4v) is 2.88. The van der Waals surface area contributed by atoms with Crippen LogP contribution in [0.4, 0.5) is 10.8 Å². The zero-order chi connectivity index (χ0) is 12.5. The highest BCUT2D eigenvalue weighted by molar-refractivity contribution is 9.10. The van der Waals surface area contributed by atoms with Gasteiger partial charge < -0.3 is 5.32 Å². The van der Waals surface area contributed by atoms with Crippen molar-refractivity contribution >= 4 is 48.3 Å². The normalized spacial score (nSPS) is 10.8. The van der Waals surface area contributed by atoms with Gasteiger partial charge in [-0.05, 0) is 48.9 Å². The molecule has 2 nitrogen and oxygen atoms in total. The van der Waals surface area contributed by atoms with Crippen LogP contribution in [0.15, 0.2) is 46.9 Å². The van der Waals surface area contributed by atoms with E-state index in [4.69, 9.17) is 0 Å². The summed E-state index contributed by atoms with van der Waals surface area (Å²) in [6.45, 7) is 2.08. The van der Waals surface area contributed by atoms with Gasteiger partial charge in [0.25, 0.3) is 0 Å².